The molecule has 1 aliphatic rings. The molecule has 0 bridgehead atoms. The zero-order valence-corrected chi connectivity index (χ0v) is 8.45. The number of alkyl halides is 1. The fraction of sp³-hybridized carbons (Fsp3) is 0.429. The Balaban J connectivity index is 2.82. The summed E-state index contributed by atoms with van der Waals surface area (Å²) in [6.45, 7) is 0. The molecule has 0 aromatic carbocycles. The van der Waals surface area contributed by atoms with E-state index in [4.69, 9.17) is 22.1 Å². The topological polar surface area (TPSA) is 35.2 Å². The summed E-state index contributed by atoms with van der Waals surface area (Å²) >= 11 is 9.19. The van der Waals surface area contributed by atoms with Gasteiger partial charge in [-0.3, -0.25) is 0 Å². The van der Waals surface area contributed by atoms with Crippen LogP contribution in [-0.4, -0.2) is 12.1 Å². The highest BCUT2D eigenvalue weighted by molar-refractivity contribution is 9.11. The molecule has 0 aliphatic heterocycles. The van der Waals surface area contributed by atoms with Gasteiger partial charge >= 0.3 is 0 Å². The van der Waals surface area contributed by atoms with Crippen molar-refractivity contribution in [1.82, 2.24) is 0 Å². The molecule has 2 nitrogen and oxygen atoms in total. The van der Waals surface area contributed by atoms with Crippen molar-refractivity contribution in [3.8, 4) is 0 Å². The Morgan fingerprint density at radius 2 is 2.45 bits per heavy atom. The van der Waals surface area contributed by atoms with Crippen molar-refractivity contribution in [2.24, 2.45) is 5.73 Å². The second-order valence-corrected chi connectivity index (χ2v) is 4.07. The summed E-state index contributed by atoms with van der Waals surface area (Å²) in [6.07, 6.45) is 4.05. The molecule has 0 amide bonds. The van der Waals surface area contributed by atoms with Gasteiger partial charge in [-0.25, -0.2) is 0 Å². The maximum Gasteiger partial charge on any atom is 0.128 e. The minimum Gasteiger partial charge on any atom is -0.496 e. The molecule has 4 heteroatoms. The lowest BCUT2D eigenvalue weighted by Gasteiger charge is -2.22. The van der Waals surface area contributed by atoms with E-state index in [1.165, 1.54) is 0 Å². The Morgan fingerprint density at radius 1 is 1.82 bits per heavy atom. The summed E-state index contributed by atoms with van der Waals surface area (Å²) in [5, 5.41) is 0. The van der Waals surface area contributed by atoms with E-state index in [1.807, 2.05) is 0 Å². The molecule has 0 radical (unpaired) electrons. The number of nitrogens with two attached hydrogens (primary N) is 1. The van der Waals surface area contributed by atoms with Crippen LogP contribution >= 0.6 is 27.5 Å². The van der Waals surface area contributed by atoms with Crippen LogP contribution in [0.25, 0.3) is 0 Å². The quantitative estimate of drug-likeness (QED) is 0.561. The highest BCUT2D eigenvalue weighted by atomic mass is 79.9. The van der Waals surface area contributed by atoms with E-state index in [9.17, 15) is 0 Å². The van der Waals surface area contributed by atoms with Crippen molar-refractivity contribution >= 4 is 27.5 Å². The van der Waals surface area contributed by atoms with Gasteiger partial charge in [0.25, 0.3) is 0 Å². The van der Waals surface area contributed by atoms with Crippen LogP contribution in [0.3, 0.4) is 0 Å². The number of rotatable bonds is 1. The van der Waals surface area contributed by atoms with Crippen molar-refractivity contribution in [3.63, 3.8) is 0 Å². The van der Waals surface area contributed by atoms with Gasteiger partial charge in [-0.2, -0.15) is 0 Å². The summed E-state index contributed by atoms with van der Waals surface area (Å²) in [5.74, 6) is 0.784. The summed E-state index contributed by atoms with van der Waals surface area (Å²) in [4.78, 5) is -0.763. The lowest BCUT2D eigenvalue weighted by Crippen LogP contribution is -2.32. The third kappa shape index (κ3) is 2.22. The number of allylic oxidation sites excluding steroid dienone is 1. The van der Waals surface area contributed by atoms with Gasteiger partial charge in [0.15, 0.2) is 0 Å². The number of hydrogen-bond acceptors (Lipinski definition) is 2. The standard InChI is InChI=1S/C7H9BrClNO/c1-11-6-2-3-7(9,10)4-5(6)8/h2-3H,4,10H2,1H3. The van der Waals surface area contributed by atoms with Crippen molar-refractivity contribution < 1.29 is 4.74 Å². The van der Waals surface area contributed by atoms with E-state index in [1.54, 1.807) is 19.3 Å². The van der Waals surface area contributed by atoms with Gasteiger partial charge in [-0.1, -0.05) is 27.5 Å². The SMILES string of the molecule is COC1=C(Br)CC(N)(Cl)C=C1. The van der Waals surface area contributed by atoms with Gasteiger partial charge in [0.1, 0.15) is 10.8 Å². The molecule has 0 fully saturated rings. The van der Waals surface area contributed by atoms with Crippen molar-refractivity contribution in [3.05, 3.63) is 22.4 Å². The van der Waals surface area contributed by atoms with E-state index in [0.717, 1.165) is 10.2 Å². The maximum atomic E-state index is 5.86. The van der Waals surface area contributed by atoms with Crippen LogP contribution in [0.2, 0.25) is 0 Å². The molecular formula is C7H9BrClNO. The molecule has 0 saturated heterocycles. The zero-order chi connectivity index (χ0) is 8.48. The number of halogens is 2. The third-order valence-electron chi connectivity index (χ3n) is 1.43. The largest absolute Gasteiger partial charge is 0.496 e. The van der Waals surface area contributed by atoms with E-state index < -0.39 is 5.00 Å². The fourth-order valence-corrected chi connectivity index (χ4v) is 1.98. The molecule has 1 aliphatic carbocycles. The van der Waals surface area contributed by atoms with Crippen LogP contribution in [0.5, 0.6) is 0 Å². The van der Waals surface area contributed by atoms with E-state index in [0.29, 0.717) is 6.42 Å². The first-order valence-electron chi connectivity index (χ1n) is 3.15. The second-order valence-electron chi connectivity index (χ2n) is 2.41. The van der Waals surface area contributed by atoms with E-state index in [-0.39, 0.29) is 0 Å². The lowest BCUT2D eigenvalue weighted by molar-refractivity contribution is 0.301. The maximum absolute atomic E-state index is 5.86. The van der Waals surface area contributed by atoms with Gasteiger partial charge < -0.3 is 10.5 Å². The molecule has 1 rings (SSSR count). The first-order chi connectivity index (χ1) is 5.05. The van der Waals surface area contributed by atoms with E-state index >= 15 is 0 Å². The average molecular weight is 239 g/mol. The molecule has 2 N–H and O–H groups in total. The zero-order valence-electron chi connectivity index (χ0n) is 6.10. The Morgan fingerprint density at radius 3 is 2.91 bits per heavy atom. The molecule has 0 aromatic heterocycles. The van der Waals surface area contributed by atoms with Gasteiger partial charge in [0, 0.05) is 10.9 Å². The summed E-state index contributed by atoms with van der Waals surface area (Å²) in [5.41, 5.74) is 5.64. The lowest BCUT2D eigenvalue weighted by atomic mass is 10.1. The molecule has 0 heterocycles. The normalized spacial score (nSPS) is 30.9. The minimum absolute atomic E-state index is 0.564. The smallest absolute Gasteiger partial charge is 0.128 e. The summed E-state index contributed by atoms with van der Waals surface area (Å²) in [7, 11) is 1.61. The van der Waals surface area contributed by atoms with Crippen molar-refractivity contribution in [1.29, 1.82) is 0 Å². The average Bonchev–Trinajstić information content (AvgIpc) is 1.86. The van der Waals surface area contributed by atoms with Crippen LogP contribution in [-0.2, 0) is 4.74 Å². The van der Waals surface area contributed by atoms with Crippen LogP contribution in [0.1, 0.15) is 6.42 Å². The summed E-state index contributed by atoms with van der Waals surface area (Å²) in [6, 6.07) is 0. The molecular weight excluding hydrogens is 229 g/mol. The van der Waals surface area contributed by atoms with Gasteiger partial charge in [-0.15, -0.1) is 0 Å². The predicted octanol–water partition coefficient (Wildman–Crippen LogP) is 2.09. The van der Waals surface area contributed by atoms with Crippen molar-refractivity contribution in [2.45, 2.75) is 11.4 Å². The predicted molar refractivity (Wildman–Crippen MR) is 49.5 cm³/mol. The van der Waals surface area contributed by atoms with Gasteiger partial charge in [0.2, 0.25) is 0 Å². The van der Waals surface area contributed by atoms with E-state index in [2.05, 4.69) is 15.9 Å². The molecule has 1 unspecified atom stereocenters. The van der Waals surface area contributed by atoms with Gasteiger partial charge in [0.05, 0.1) is 7.11 Å². The molecule has 1 atom stereocenters. The number of methoxy groups -OCH3 is 1. The fourth-order valence-electron chi connectivity index (χ4n) is 0.867. The highest BCUT2D eigenvalue weighted by Crippen LogP contribution is 2.31. The van der Waals surface area contributed by atoms with Crippen LogP contribution in [0.4, 0.5) is 0 Å². The molecule has 11 heavy (non-hydrogen) atoms. The second kappa shape index (κ2) is 3.17. The Kier molecular flexibility index (Phi) is 2.62. The Hall–Kier alpha value is 0.01000. The van der Waals surface area contributed by atoms with Crippen molar-refractivity contribution in [2.75, 3.05) is 7.11 Å². The van der Waals surface area contributed by atoms with Crippen LogP contribution in [0.15, 0.2) is 22.4 Å². The number of ether oxygens (including phenoxy) is 1. The molecule has 62 valence electrons. The Bertz CT molecular complexity index is 222. The number of hydrogen-bond donors (Lipinski definition) is 1. The first kappa shape index (κ1) is 9.10. The third-order valence-corrected chi connectivity index (χ3v) is 2.36. The van der Waals surface area contributed by atoms with Crippen LogP contribution in [0, 0.1) is 0 Å². The van der Waals surface area contributed by atoms with Gasteiger partial charge in [-0.05, 0) is 12.2 Å². The van der Waals surface area contributed by atoms with Crippen LogP contribution < -0.4 is 5.73 Å². The molecule has 0 saturated carbocycles. The first-order valence-corrected chi connectivity index (χ1v) is 4.32. The highest BCUT2D eigenvalue weighted by Gasteiger charge is 2.24. The monoisotopic (exact) mass is 237 g/mol. The molecule has 0 spiro atoms. The molecule has 0 aromatic rings. The summed E-state index contributed by atoms with van der Waals surface area (Å²) < 4.78 is 5.93. The minimum atomic E-state index is -0.763. The Labute approximate surface area is 79.2 Å².